The maximum absolute atomic E-state index is 10.1. The van der Waals surface area contributed by atoms with E-state index >= 15 is 0 Å². The molecule has 1 atom stereocenters. The smallest absolute Gasteiger partial charge is 0.0769 e. The summed E-state index contributed by atoms with van der Waals surface area (Å²) in [6, 6.07) is 0. The van der Waals surface area contributed by atoms with Gasteiger partial charge in [0.05, 0.1) is 5.60 Å². The number of unbranched alkanes of at least 4 members (excludes halogenated alkanes) is 3. The van der Waals surface area contributed by atoms with Crippen LogP contribution in [0.2, 0.25) is 0 Å². The fourth-order valence-corrected chi connectivity index (χ4v) is 1.54. The highest BCUT2D eigenvalue weighted by atomic mass is 16.3. The first-order chi connectivity index (χ1) is 6.18. The third-order valence-electron chi connectivity index (χ3n) is 2.62. The Morgan fingerprint density at radius 2 is 1.54 bits per heavy atom. The molecule has 0 aromatic rings. The predicted molar refractivity (Wildman–Crippen MR) is 57.7 cm³/mol. The second-order valence-electron chi connectivity index (χ2n) is 3.99. The number of hydrogen-bond donors (Lipinski definition) is 2. The summed E-state index contributed by atoms with van der Waals surface area (Å²) < 4.78 is 0. The van der Waals surface area contributed by atoms with Crippen molar-refractivity contribution in [3.05, 3.63) is 0 Å². The monoisotopic (exact) mass is 187 g/mol. The molecule has 0 radical (unpaired) electrons. The van der Waals surface area contributed by atoms with Crippen LogP contribution in [0.3, 0.4) is 0 Å². The first-order valence-corrected chi connectivity index (χ1v) is 5.61. The maximum atomic E-state index is 10.1. The molecule has 2 nitrogen and oxygen atoms in total. The Labute approximate surface area is 82.5 Å². The molecular weight excluding hydrogens is 162 g/mol. The minimum Gasteiger partial charge on any atom is -0.389 e. The summed E-state index contributed by atoms with van der Waals surface area (Å²) >= 11 is 0. The highest BCUT2D eigenvalue weighted by Crippen LogP contribution is 2.20. The van der Waals surface area contributed by atoms with Gasteiger partial charge >= 0.3 is 0 Å². The van der Waals surface area contributed by atoms with E-state index in [0.29, 0.717) is 6.54 Å². The largest absolute Gasteiger partial charge is 0.389 e. The molecule has 2 heteroatoms. The van der Waals surface area contributed by atoms with Crippen LogP contribution in [0, 0.1) is 0 Å². The van der Waals surface area contributed by atoms with Crippen LogP contribution >= 0.6 is 0 Å². The molecule has 0 aromatic heterocycles. The van der Waals surface area contributed by atoms with Crippen LogP contribution in [-0.4, -0.2) is 17.3 Å². The van der Waals surface area contributed by atoms with Gasteiger partial charge in [-0.05, 0) is 12.8 Å². The molecule has 13 heavy (non-hydrogen) atoms. The zero-order chi connectivity index (χ0) is 10.2. The molecule has 0 aliphatic heterocycles. The summed E-state index contributed by atoms with van der Waals surface area (Å²) in [5.74, 6) is 0. The van der Waals surface area contributed by atoms with E-state index in [1.165, 1.54) is 12.8 Å². The van der Waals surface area contributed by atoms with Gasteiger partial charge in [-0.2, -0.15) is 0 Å². The highest BCUT2D eigenvalue weighted by Gasteiger charge is 2.23. The van der Waals surface area contributed by atoms with Gasteiger partial charge in [-0.1, -0.05) is 46.0 Å². The minimum atomic E-state index is -0.578. The topological polar surface area (TPSA) is 46.2 Å². The van der Waals surface area contributed by atoms with Crippen molar-refractivity contribution in [2.75, 3.05) is 6.54 Å². The van der Waals surface area contributed by atoms with Crippen molar-refractivity contribution in [2.24, 2.45) is 5.73 Å². The van der Waals surface area contributed by atoms with Gasteiger partial charge in [-0.25, -0.2) is 0 Å². The molecule has 0 heterocycles. The van der Waals surface area contributed by atoms with Crippen LogP contribution in [0.15, 0.2) is 0 Å². The van der Waals surface area contributed by atoms with E-state index in [2.05, 4.69) is 13.8 Å². The normalized spacial score (nSPS) is 15.7. The number of aliphatic hydroxyl groups is 1. The van der Waals surface area contributed by atoms with E-state index in [-0.39, 0.29) is 0 Å². The average Bonchev–Trinajstić information content (AvgIpc) is 2.15. The van der Waals surface area contributed by atoms with Crippen molar-refractivity contribution >= 4 is 0 Å². The third kappa shape index (κ3) is 6.05. The van der Waals surface area contributed by atoms with E-state index < -0.39 is 5.60 Å². The Hall–Kier alpha value is -0.0800. The molecule has 1 unspecified atom stereocenters. The standard InChI is InChI=1S/C11H25NO/c1-3-5-7-9-11(13,10-12)8-6-4-2/h13H,3-10,12H2,1-2H3. The Kier molecular flexibility index (Phi) is 7.29. The summed E-state index contributed by atoms with van der Waals surface area (Å²) in [4.78, 5) is 0. The van der Waals surface area contributed by atoms with Gasteiger partial charge in [0.1, 0.15) is 0 Å². The van der Waals surface area contributed by atoms with Crippen LogP contribution in [0.4, 0.5) is 0 Å². The van der Waals surface area contributed by atoms with Crippen LogP contribution in [0.1, 0.15) is 58.8 Å². The molecule has 0 saturated heterocycles. The molecule has 0 spiro atoms. The molecule has 0 aliphatic rings. The van der Waals surface area contributed by atoms with Gasteiger partial charge in [0.25, 0.3) is 0 Å². The molecule has 0 amide bonds. The van der Waals surface area contributed by atoms with Crippen molar-refractivity contribution in [3.63, 3.8) is 0 Å². The molecule has 0 saturated carbocycles. The Morgan fingerprint density at radius 3 is 2.00 bits per heavy atom. The number of rotatable bonds is 8. The second-order valence-corrected chi connectivity index (χ2v) is 3.99. The lowest BCUT2D eigenvalue weighted by Gasteiger charge is -2.26. The number of nitrogens with two attached hydrogens (primary N) is 1. The van der Waals surface area contributed by atoms with Gasteiger partial charge in [0, 0.05) is 6.54 Å². The minimum absolute atomic E-state index is 0.413. The molecule has 0 bridgehead atoms. The van der Waals surface area contributed by atoms with Gasteiger partial charge in [-0.3, -0.25) is 0 Å². The lowest BCUT2D eigenvalue weighted by atomic mass is 9.91. The van der Waals surface area contributed by atoms with Crippen molar-refractivity contribution in [1.29, 1.82) is 0 Å². The lowest BCUT2D eigenvalue weighted by molar-refractivity contribution is 0.0270. The van der Waals surface area contributed by atoms with Gasteiger partial charge in [-0.15, -0.1) is 0 Å². The summed E-state index contributed by atoms with van der Waals surface area (Å²) in [6.45, 7) is 4.73. The van der Waals surface area contributed by atoms with Crippen LogP contribution < -0.4 is 5.73 Å². The molecule has 80 valence electrons. The first kappa shape index (κ1) is 12.9. The van der Waals surface area contributed by atoms with E-state index in [0.717, 1.165) is 32.1 Å². The summed E-state index contributed by atoms with van der Waals surface area (Å²) in [5, 5.41) is 10.1. The van der Waals surface area contributed by atoms with E-state index in [1.54, 1.807) is 0 Å². The zero-order valence-electron chi connectivity index (χ0n) is 9.18. The van der Waals surface area contributed by atoms with Crippen LogP contribution in [0.5, 0.6) is 0 Å². The van der Waals surface area contributed by atoms with Gasteiger partial charge in [0.15, 0.2) is 0 Å². The molecule has 3 N–H and O–H groups in total. The number of hydrogen-bond acceptors (Lipinski definition) is 2. The van der Waals surface area contributed by atoms with Crippen LogP contribution in [0.25, 0.3) is 0 Å². The van der Waals surface area contributed by atoms with Crippen molar-refractivity contribution in [3.8, 4) is 0 Å². The van der Waals surface area contributed by atoms with Gasteiger partial charge < -0.3 is 10.8 Å². The average molecular weight is 187 g/mol. The Bertz CT molecular complexity index is 117. The zero-order valence-corrected chi connectivity index (χ0v) is 9.18. The van der Waals surface area contributed by atoms with Crippen molar-refractivity contribution in [2.45, 2.75) is 64.4 Å². The third-order valence-corrected chi connectivity index (χ3v) is 2.62. The fourth-order valence-electron chi connectivity index (χ4n) is 1.54. The first-order valence-electron chi connectivity index (χ1n) is 5.61. The van der Waals surface area contributed by atoms with E-state index in [9.17, 15) is 5.11 Å². The molecule has 0 rings (SSSR count). The summed E-state index contributed by atoms with van der Waals surface area (Å²) in [6.07, 6.45) is 7.47. The van der Waals surface area contributed by atoms with E-state index in [4.69, 9.17) is 5.73 Å². The predicted octanol–water partition coefficient (Wildman–Crippen LogP) is 2.45. The SMILES string of the molecule is CCCCCC(O)(CN)CCCC. The fraction of sp³-hybridized carbons (Fsp3) is 1.00. The Morgan fingerprint density at radius 1 is 1.00 bits per heavy atom. The van der Waals surface area contributed by atoms with Gasteiger partial charge in [0.2, 0.25) is 0 Å². The quantitative estimate of drug-likeness (QED) is 0.573. The molecule has 0 aromatic carbocycles. The molecular formula is C11H25NO. The highest BCUT2D eigenvalue weighted by molar-refractivity contribution is 4.78. The molecule has 0 aliphatic carbocycles. The van der Waals surface area contributed by atoms with Crippen molar-refractivity contribution in [1.82, 2.24) is 0 Å². The summed E-state index contributed by atoms with van der Waals surface area (Å²) in [7, 11) is 0. The van der Waals surface area contributed by atoms with E-state index in [1.807, 2.05) is 0 Å². The summed E-state index contributed by atoms with van der Waals surface area (Å²) in [5.41, 5.74) is 5.00. The van der Waals surface area contributed by atoms with Crippen molar-refractivity contribution < 1.29 is 5.11 Å². The van der Waals surface area contributed by atoms with Crippen LogP contribution in [-0.2, 0) is 0 Å². The Balaban J connectivity index is 3.67. The lowest BCUT2D eigenvalue weighted by Crippen LogP contribution is -2.37. The second kappa shape index (κ2) is 7.34. The molecule has 0 fully saturated rings. The maximum Gasteiger partial charge on any atom is 0.0769 e.